The van der Waals surface area contributed by atoms with Crippen LogP contribution >= 0.6 is 0 Å². The minimum Gasteiger partial charge on any atom is -0.445 e. The Morgan fingerprint density at radius 3 is 2.96 bits per heavy atom. The molecule has 0 radical (unpaired) electrons. The second-order valence-electron chi connectivity index (χ2n) is 6.51. The summed E-state index contributed by atoms with van der Waals surface area (Å²) in [7, 11) is 0. The van der Waals surface area contributed by atoms with Gasteiger partial charge in [-0.05, 0) is 18.9 Å². The van der Waals surface area contributed by atoms with Crippen LogP contribution in [-0.4, -0.2) is 46.9 Å². The van der Waals surface area contributed by atoms with Crippen LogP contribution in [-0.2, 0) is 22.7 Å². The van der Waals surface area contributed by atoms with Gasteiger partial charge in [-0.1, -0.05) is 35.5 Å². The molecule has 0 saturated carbocycles. The maximum Gasteiger partial charge on any atom is 0.410 e. The van der Waals surface area contributed by atoms with E-state index >= 15 is 0 Å². The zero-order valence-electron chi connectivity index (χ0n) is 14.8. The molecule has 2 N–H and O–H groups in total. The molecule has 26 heavy (non-hydrogen) atoms. The molecule has 2 aromatic rings. The molecule has 1 aromatic heterocycles. The van der Waals surface area contributed by atoms with Crippen molar-refractivity contribution < 1.29 is 18.8 Å². The van der Waals surface area contributed by atoms with Crippen LogP contribution in [0.2, 0.25) is 0 Å². The van der Waals surface area contributed by atoms with Gasteiger partial charge < -0.3 is 24.6 Å². The molecule has 1 aliphatic rings. The molecule has 1 fully saturated rings. The number of carbonyl (C=O) groups is 1. The van der Waals surface area contributed by atoms with E-state index in [2.05, 4.69) is 10.1 Å². The Balaban J connectivity index is 1.46. The van der Waals surface area contributed by atoms with Gasteiger partial charge in [0.1, 0.15) is 13.2 Å². The number of amides is 1. The van der Waals surface area contributed by atoms with Crippen LogP contribution in [0.3, 0.4) is 0 Å². The first-order valence-electron chi connectivity index (χ1n) is 8.73. The number of likely N-dealkylation sites (tertiary alicyclic amines) is 1. The maximum absolute atomic E-state index is 12.2. The Hall–Kier alpha value is -2.45. The Bertz CT molecular complexity index is 704. The number of aromatic nitrogens is 2. The fourth-order valence-corrected chi connectivity index (χ4v) is 2.77. The molecular formula is C18H24N4O4. The third-order valence-electron chi connectivity index (χ3n) is 4.11. The topological polar surface area (TPSA) is 104 Å². The highest BCUT2D eigenvalue weighted by Gasteiger charge is 2.31. The number of carbonyl (C=O) groups excluding carboxylic acids is 1. The lowest BCUT2D eigenvalue weighted by Crippen LogP contribution is -2.29. The molecule has 8 heteroatoms. The van der Waals surface area contributed by atoms with Gasteiger partial charge in [0.2, 0.25) is 0 Å². The van der Waals surface area contributed by atoms with E-state index in [9.17, 15) is 4.79 Å². The van der Waals surface area contributed by atoms with Gasteiger partial charge in [0, 0.05) is 25.0 Å². The van der Waals surface area contributed by atoms with E-state index in [0.29, 0.717) is 31.4 Å². The number of nitrogens with zero attached hydrogens (tertiary/aromatic N) is 3. The largest absolute Gasteiger partial charge is 0.445 e. The minimum absolute atomic E-state index is 0.0392. The highest BCUT2D eigenvalue weighted by Crippen LogP contribution is 2.25. The summed E-state index contributed by atoms with van der Waals surface area (Å²) in [4.78, 5) is 18.2. The van der Waals surface area contributed by atoms with Crippen LogP contribution in [0.4, 0.5) is 4.79 Å². The number of hydrogen-bond acceptors (Lipinski definition) is 7. The van der Waals surface area contributed by atoms with Crippen LogP contribution in [0.15, 0.2) is 34.9 Å². The van der Waals surface area contributed by atoms with Crippen molar-refractivity contribution in [2.24, 2.45) is 5.73 Å². The van der Waals surface area contributed by atoms with Crippen LogP contribution in [0, 0.1) is 0 Å². The van der Waals surface area contributed by atoms with Gasteiger partial charge >= 0.3 is 6.09 Å². The number of hydrogen-bond donors (Lipinski definition) is 1. The zero-order chi connectivity index (χ0) is 18.4. The summed E-state index contributed by atoms with van der Waals surface area (Å²) in [5.74, 6) is 1.07. The third kappa shape index (κ3) is 5.03. The van der Waals surface area contributed by atoms with Gasteiger partial charge in [-0.15, -0.1) is 0 Å². The van der Waals surface area contributed by atoms with Crippen LogP contribution in [0.25, 0.3) is 0 Å². The van der Waals surface area contributed by atoms with Crippen LogP contribution in [0.1, 0.15) is 36.5 Å². The molecule has 2 heterocycles. The van der Waals surface area contributed by atoms with Gasteiger partial charge in [-0.3, -0.25) is 0 Å². The van der Waals surface area contributed by atoms with Crippen molar-refractivity contribution in [1.82, 2.24) is 15.0 Å². The van der Waals surface area contributed by atoms with Crippen LogP contribution < -0.4 is 5.73 Å². The monoisotopic (exact) mass is 360 g/mol. The zero-order valence-corrected chi connectivity index (χ0v) is 14.8. The molecule has 8 nitrogen and oxygen atoms in total. The molecule has 2 atom stereocenters. The van der Waals surface area contributed by atoms with Crippen molar-refractivity contribution in [3.63, 3.8) is 0 Å². The minimum atomic E-state index is -0.319. The first-order chi connectivity index (χ1) is 12.6. The second kappa shape index (κ2) is 8.77. The number of rotatable bonds is 7. The van der Waals surface area contributed by atoms with E-state index in [1.54, 1.807) is 4.90 Å². The summed E-state index contributed by atoms with van der Waals surface area (Å²) < 4.78 is 16.0. The molecule has 140 valence electrons. The quantitative estimate of drug-likeness (QED) is 0.806. The van der Waals surface area contributed by atoms with E-state index < -0.39 is 0 Å². The van der Waals surface area contributed by atoms with E-state index in [4.69, 9.17) is 19.7 Å². The average molecular weight is 360 g/mol. The summed E-state index contributed by atoms with van der Waals surface area (Å²) in [5.41, 5.74) is 6.59. The van der Waals surface area contributed by atoms with Crippen molar-refractivity contribution in [1.29, 1.82) is 0 Å². The summed E-state index contributed by atoms with van der Waals surface area (Å²) in [6.45, 7) is 3.94. The fraction of sp³-hybridized carbons (Fsp3) is 0.500. The highest BCUT2D eigenvalue weighted by molar-refractivity contribution is 5.68. The third-order valence-corrected chi connectivity index (χ3v) is 4.11. The average Bonchev–Trinajstić information content (AvgIpc) is 3.29. The van der Waals surface area contributed by atoms with Gasteiger partial charge in [-0.25, -0.2) is 4.79 Å². The van der Waals surface area contributed by atoms with Crippen LogP contribution in [0.5, 0.6) is 0 Å². The predicted molar refractivity (Wildman–Crippen MR) is 93.2 cm³/mol. The molecule has 0 aliphatic carbocycles. The lowest BCUT2D eigenvalue weighted by atomic mass is 10.1. The SMILES string of the molecule is CC(N)COCc1nc(C2CCN(C(=O)OCc3ccccc3)C2)no1. The predicted octanol–water partition coefficient (Wildman–Crippen LogP) is 2.06. The highest BCUT2D eigenvalue weighted by atomic mass is 16.6. The summed E-state index contributed by atoms with van der Waals surface area (Å²) in [6, 6.07) is 9.57. The molecule has 1 aliphatic heterocycles. The fourth-order valence-electron chi connectivity index (χ4n) is 2.77. The van der Waals surface area contributed by atoms with Crippen molar-refractivity contribution >= 4 is 6.09 Å². The summed E-state index contributed by atoms with van der Waals surface area (Å²) in [6.07, 6.45) is 0.459. The Morgan fingerprint density at radius 2 is 2.19 bits per heavy atom. The maximum atomic E-state index is 12.2. The Labute approximate surface area is 152 Å². The molecule has 1 saturated heterocycles. The molecule has 1 amide bonds. The van der Waals surface area contributed by atoms with Gasteiger partial charge in [-0.2, -0.15) is 4.98 Å². The molecule has 0 bridgehead atoms. The van der Waals surface area contributed by atoms with E-state index in [0.717, 1.165) is 12.0 Å². The second-order valence-corrected chi connectivity index (χ2v) is 6.51. The van der Waals surface area contributed by atoms with E-state index in [1.165, 1.54) is 0 Å². The first-order valence-corrected chi connectivity index (χ1v) is 8.73. The van der Waals surface area contributed by atoms with Gasteiger partial charge in [0.15, 0.2) is 5.82 Å². The normalized spacial score (nSPS) is 18.1. The lowest BCUT2D eigenvalue weighted by molar-refractivity contribution is 0.0898. The molecule has 3 rings (SSSR count). The molecule has 1 aromatic carbocycles. The standard InChI is InChI=1S/C18H24N4O4/c1-13(19)10-24-12-16-20-17(21-26-16)15-7-8-22(9-15)18(23)25-11-14-5-3-2-4-6-14/h2-6,13,15H,7-12,19H2,1H3. The van der Waals surface area contributed by atoms with Gasteiger partial charge in [0.25, 0.3) is 5.89 Å². The summed E-state index contributed by atoms with van der Waals surface area (Å²) in [5, 5.41) is 4.01. The smallest absolute Gasteiger partial charge is 0.410 e. The lowest BCUT2D eigenvalue weighted by Gasteiger charge is -2.15. The summed E-state index contributed by atoms with van der Waals surface area (Å²) >= 11 is 0. The number of ether oxygens (including phenoxy) is 2. The number of nitrogens with two attached hydrogens (primary N) is 1. The van der Waals surface area contributed by atoms with E-state index in [1.807, 2.05) is 37.3 Å². The molecule has 2 unspecified atom stereocenters. The molecular weight excluding hydrogens is 336 g/mol. The van der Waals surface area contributed by atoms with Crippen molar-refractivity contribution in [2.45, 2.75) is 38.5 Å². The number of benzene rings is 1. The molecule has 0 spiro atoms. The Kier molecular flexibility index (Phi) is 6.19. The Morgan fingerprint density at radius 1 is 1.38 bits per heavy atom. The first kappa shape index (κ1) is 18.3. The van der Waals surface area contributed by atoms with Gasteiger partial charge in [0.05, 0.1) is 6.61 Å². The van der Waals surface area contributed by atoms with Crippen molar-refractivity contribution in [3.8, 4) is 0 Å². The van der Waals surface area contributed by atoms with Crippen molar-refractivity contribution in [2.75, 3.05) is 19.7 Å². The van der Waals surface area contributed by atoms with E-state index in [-0.39, 0.29) is 31.3 Å². The van der Waals surface area contributed by atoms with Crippen molar-refractivity contribution in [3.05, 3.63) is 47.6 Å².